The highest BCUT2D eigenvalue weighted by molar-refractivity contribution is 7.98. The number of carbonyl (C=O) groups is 1. The van der Waals surface area contributed by atoms with E-state index < -0.39 is 0 Å². The summed E-state index contributed by atoms with van der Waals surface area (Å²) < 4.78 is 5.06. The molecular formula is C13H20N2O2S. The SMILES string of the molecule is CCC(CSC)NC(=O)c1ccc(OC)c(N)c1. The van der Waals surface area contributed by atoms with Crippen molar-refractivity contribution in [1.82, 2.24) is 5.32 Å². The number of thioether (sulfide) groups is 1. The first-order valence-corrected chi connectivity index (χ1v) is 7.25. The molecule has 5 heteroatoms. The normalized spacial score (nSPS) is 11.9. The Morgan fingerprint density at radius 2 is 2.28 bits per heavy atom. The standard InChI is InChI=1S/C13H20N2O2S/c1-4-10(8-18-3)15-13(16)9-5-6-12(17-2)11(14)7-9/h5-7,10H,4,8,14H2,1-3H3,(H,15,16). The zero-order valence-corrected chi connectivity index (χ0v) is 11.8. The van der Waals surface area contributed by atoms with Gasteiger partial charge in [0.15, 0.2) is 0 Å². The molecule has 1 aromatic carbocycles. The van der Waals surface area contributed by atoms with Crippen LogP contribution in [0.25, 0.3) is 0 Å². The molecule has 1 atom stereocenters. The summed E-state index contributed by atoms with van der Waals surface area (Å²) in [7, 11) is 1.55. The monoisotopic (exact) mass is 268 g/mol. The van der Waals surface area contributed by atoms with E-state index in [1.807, 2.05) is 6.26 Å². The van der Waals surface area contributed by atoms with Crippen molar-refractivity contribution >= 4 is 23.4 Å². The molecule has 0 saturated heterocycles. The number of methoxy groups -OCH3 is 1. The first-order valence-electron chi connectivity index (χ1n) is 5.85. The molecule has 0 saturated carbocycles. The van der Waals surface area contributed by atoms with Gasteiger partial charge in [0.25, 0.3) is 5.91 Å². The highest BCUT2D eigenvalue weighted by Crippen LogP contribution is 2.21. The van der Waals surface area contributed by atoms with Crippen LogP contribution in [0.15, 0.2) is 18.2 Å². The second-order valence-corrected chi connectivity index (χ2v) is 4.90. The molecule has 1 unspecified atom stereocenters. The third-order valence-electron chi connectivity index (χ3n) is 2.69. The molecule has 0 aliphatic heterocycles. The van der Waals surface area contributed by atoms with E-state index in [2.05, 4.69) is 12.2 Å². The summed E-state index contributed by atoms with van der Waals surface area (Å²) >= 11 is 1.72. The lowest BCUT2D eigenvalue weighted by atomic mass is 10.1. The highest BCUT2D eigenvalue weighted by Gasteiger charge is 2.12. The number of carbonyl (C=O) groups excluding carboxylic acids is 1. The molecule has 1 rings (SSSR count). The van der Waals surface area contributed by atoms with Gasteiger partial charge in [0.1, 0.15) is 5.75 Å². The lowest BCUT2D eigenvalue weighted by molar-refractivity contribution is 0.0940. The van der Waals surface area contributed by atoms with Crippen LogP contribution in [-0.4, -0.2) is 31.1 Å². The fourth-order valence-corrected chi connectivity index (χ4v) is 2.33. The van der Waals surface area contributed by atoms with Crippen LogP contribution in [0.2, 0.25) is 0 Å². The van der Waals surface area contributed by atoms with E-state index in [9.17, 15) is 4.79 Å². The number of anilines is 1. The number of benzene rings is 1. The Kier molecular flexibility index (Phi) is 5.85. The lowest BCUT2D eigenvalue weighted by Gasteiger charge is -2.16. The van der Waals surface area contributed by atoms with Crippen LogP contribution in [-0.2, 0) is 0 Å². The van der Waals surface area contributed by atoms with Crippen LogP contribution in [0.5, 0.6) is 5.75 Å². The molecule has 1 aromatic rings. The average molecular weight is 268 g/mol. The Bertz CT molecular complexity index is 410. The Morgan fingerprint density at radius 1 is 1.56 bits per heavy atom. The maximum Gasteiger partial charge on any atom is 0.251 e. The van der Waals surface area contributed by atoms with Gasteiger partial charge < -0.3 is 15.8 Å². The van der Waals surface area contributed by atoms with Crippen molar-refractivity contribution in [3.8, 4) is 5.75 Å². The summed E-state index contributed by atoms with van der Waals surface area (Å²) in [5.41, 5.74) is 6.82. The van der Waals surface area contributed by atoms with Crippen molar-refractivity contribution < 1.29 is 9.53 Å². The van der Waals surface area contributed by atoms with Crippen molar-refractivity contribution in [1.29, 1.82) is 0 Å². The minimum atomic E-state index is -0.0924. The van der Waals surface area contributed by atoms with Gasteiger partial charge in [0.05, 0.1) is 12.8 Å². The molecule has 0 aliphatic rings. The lowest BCUT2D eigenvalue weighted by Crippen LogP contribution is -2.36. The third kappa shape index (κ3) is 3.84. The number of amides is 1. The van der Waals surface area contributed by atoms with Gasteiger partial charge >= 0.3 is 0 Å². The molecule has 0 bridgehead atoms. The molecule has 0 spiro atoms. The minimum Gasteiger partial charge on any atom is -0.495 e. The molecule has 0 radical (unpaired) electrons. The van der Waals surface area contributed by atoms with Crippen LogP contribution >= 0.6 is 11.8 Å². The molecule has 0 aromatic heterocycles. The number of hydrogen-bond acceptors (Lipinski definition) is 4. The van der Waals surface area contributed by atoms with Crippen LogP contribution < -0.4 is 15.8 Å². The second kappa shape index (κ2) is 7.16. The summed E-state index contributed by atoms with van der Waals surface area (Å²) in [5.74, 6) is 1.40. The second-order valence-electron chi connectivity index (χ2n) is 3.99. The zero-order chi connectivity index (χ0) is 13.5. The van der Waals surface area contributed by atoms with Crippen LogP contribution in [0.3, 0.4) is 0 Å². The van der Waals surface area contributed by atoms with Gasteiger partial charge in [-0.05, 0) is 30.9 Å². The number of rotatable bonds is 6. The van der Waals surface area contributed by atoms with Crippen LogP contribution in [0.1, 0.15) is 23.7 Å². The summed E-state index contributed by atoms with van der Waals surface area (Å²) in [4.78, 5) is 12.0. The molecule has 4 nitrogen and oxygen atoms in total. The summed E-state index contributed by atoms with van der Waals surface area (Å²) in [6.07, 6.45) is 2.94. The van der Waals surface area contributed by atoms with Gasteiger partial charge in [-0.3, -0.25) is 4.79 Å². The number of ether oxygens (including phenoxy) is 1. The fourth-order valence-electron chi connectivity index (χ4n) is 1.61. The Balaban J connectivity index is 2.74. The first-order chi connectivity index (χ1) is 8.62. The van der Waals surface area contributed by atoms with Crippen molar-refractivity contribution in [2.45, 2.75) is 19.4 Å². The molecule has 1 amide bonds. The van der Waals surface area contributed by atoms with Crippen molar-refractivity contribution in [2.24, 2.45) is 0 Å². The number of nitrogens with two attached hydrogens (primary N) is 1. The highest BCUT2D eigenvalue weighted by atomic mass is 32.2. The third-order valence-corrected chi connectivity index (χ3v) is 3.42. The van der Waals surface area contributed by atoms with E-state index in [4.69, 9.17) is 10.5 Å². The van der Waals surface area contributed by atoms with Gasteiger partial charge in [-0.2, -0.15) is 11.8 Å². The maximum absolute atomic E-state index is 12.0. The van der Waals surface area contributed by atoms with Gasteiger partial charge in [0, 0.05) is 17.4 Å². The number of hydrogen-bond donors (Lipinski definition) is 2. The molecule has 0 fully saturated rings. The molecular weight excluding hydrogens is 248 g/mol. The van der Waals surface area contributed by atoms with E-state index in [0.29, 0.717) is 17.0 Å². The Morgan fingerprint density at radius 3 is 2.78 bits per heavy atom. The smallest absolute Gasteiger partial charge is 0.251 e. The van der Waals surface area contributed by atoms with Gasteiger partial charge in [-0.25, -0.2) is 0 Å². The van der Waals surface area contributed by atoms with E-state index in [0.717, 1.165) is 12.2 Å². The maximum atomic E-state index is 12.0. The van der Waals surface area contributed by atoms with Gasteiger partial charge in [0.2, 0.25) is 0 Å². The molecule has 18 heavy (non-hydrogen) atoms. The van der Waals surface area contributed by atoms with Gasteiger partial charge in [-0.15, -0.1) is 0 Å². The largest absolute Gasteiger partial charge is 0.495 e. The minimum absolute atomic E-state index is 0.0924. The first kappa shape index (κ1) is 14.7. The quantitative estimate of drug-likeness (QED) is 0.776. The molecule has 0 aliphatic carbocycles. The van der Waals surface area contributed by atoms with Crippen molar-refractivity contribution in [3.63, 3.8) is 0 Å². The average Bonchev–Trinajstić information content (AvgIpc) is 2.37. The molecule has 0 heterocycles. The molecule has 100 valence electrons. The fraction of sp³-hybridized carbons (Fsp3) is 0.462. The van der Waals surface area contributed by atoms with E-state index >= 15 is 0 Å². The predicted octanol–water partition coefficient (Wildman–Crippen LogP) is 2.15. The summed E-state index contributed by atoms with van der Waals surface area (Å²) in [5, 5.41) is 2.99. The summed E-state index contributed by atoms with van der Waals surface area (Å²) in [6.45, 7) is 2.06. The van der Waals surface area contributed by atoms with E-state index in [1.165, 1.54) is 0 Å². The van der Waals surface area contributed by atoms with Crippen LogP contribution in [0, 0.1) is 0 Å². The predicted molar refractivity (Wildman–Crippen MR) is 77.3 cm³/mol. The number of nitrogens with one attached hydrogen (secondary N) is 1. The topological polar surface area (TPSA) is 64.3 Å². The van der Waals surface area contributed by atoms with E-state index in [1.54, 1.807) is 37.1 Å². The number of nitrogen functional groups attached to an aromatic ring is 1. The summed E-state index contributed by atoms with van der Waals surface area (Å²) in [6, 6.07) is 5.26. The van der Waals surface area contributed by atoms with Crippen molar-refractivity contribution in [2.75, 3.05) is 24.9 Å². The van der Waals surface area contributed by atoms with Crippen molar-refractivity contribution in [3.05, 3.63) is 23.8 Å². The zero-order valence-electron chi connectivity index (χ0n) is 11.0. The van der Waals surface area contributed by atoms with E-state index in [-0.39, 0.29) is 11.9 Å². The van der Waals surface area contributed by atoms with Crippen LogP contribution in [0.4, 0.5) is 5.69 Å². The Labute approximate surface area is 112 Å². The van der Waals surface area contributed by atoms with Gasteiger partial charge in [-0.1, -0.05) is 6.92 Å². The molecule has 3 N–H and O–H groups in total. The Hall–Kier alpha value is -1.36.